The van der Waals surface area contributed by atoms with Gasteiger partial charge < -0.3 is 9.64 Å². The molecule has 1 aromatic carbocycles. The van der Waals surface area contributed by atoms with E-state index in [4.69, 9.17) is 4.74 Å². The molecular weight excluding hydrogens is 343 g/mol. The molecule has 11 heteroatoms. The average Bonchev–Trinajstić information content (AvgIpc) is 3.05. The number of rotatable bonds is 2. The third-order valence-corrected chi connectivity index (χ3v) is 3.64. The molecule has 8 nitrogen and oxygen atoms in total. The molecule has 3 rings (SSSR count). The zero-order valence-corrected chi connectivity index (χ0v) is 12.8. The lowest BCUT2D eigenvalue weighted by Gasteiger charge is -2.23. The van der Waals surface area contributed by atoms with Crippen molar-refractivity contribution >= 4 is 12.3 Å². The number of hydrogen-bond acceptors (Lipinski definition) is 5. The maximum atomic E-state index is 12.8. The molecule has 132 valence electrons. The number of hydrogen-bond donors (Lipinski definition) is 0. The molecule has 1 saturated heterocycles. The standard InChI is InChI=1S/C14H13F3N5O3/c15-14(16,17)10-2-1-3-11(8-10)21-12(9-23)22(19-18-21)13(24)20-4-6-25-7-5-20/h1-3,8-9H,4-7H2/q+1. The van der Waals surface area contributed by atoms with Crippen LogP contribution >= 0.6 is 0 Å². The number of aldehydes is 1. The molecule has 1 amide bonds. The highest BCUT2D eigenvalue weighted by Gasteiger charge is 2.34. The number of nitrogens with zero attached hydrogens (tertiary/aromatic N) is 5. The van der Waals surface area contributed by atoms with E-state index in [9.17, 15) is 22.8 Å². The summed E-state index contributed by atoms with van der Waals surface area (Å²) in [4.78, 5) is 25.3. The van der Waals surface area contributed by atoms with Crippen molar-refractivity contribution in [1.82, 2.24) is 20.0 Å². The topological polar surface area (TPSA) is 81.2 Å². The van der Waals surface area contributed by atoms with Gasteiger partial charge >= 0.3 is 18.0 Å². The molecule has 0 N–H and O–H groups in total. The minimum Gasteiger partial charge on any atom is -0.378 e. The van der Waals surface area contributed by atoms with Crippen LogP contribution in [0.5, 0.6) is 0 Å². The number of aromatic nitrogens is 4. The summed E-state index contributed by atoms with van der Waals surface area (Å²) in [5.41, 5.74) is -0.929. The van der Waals surface area contributed by atoms with Gasteiger partial charge in [-0.05, 0) is 18.2 Å². The van der Waals surface area contributed by atoms with Crippen LogP contribution in [0, 0.1) is 0 Å². The molecule has 2 aromatic rings. The van der Waals surface area contributed by atoms with E-state index in [2.05, 4.69) is 10.4 Å². The van der Waals surface area contributed by atoms with Crippen molar-refractivity contribution in [1.29, 1.82) is 0 Å². The number of alkyl halides is 3. The van der Waals surface area contributed by atoms with Gasteiger partial charge in [0.1, 0.15) is 10.9 Å². The number of amides is 1. The molecular formula is C14H13F3N5O3+. The normalized spacial score (nSPS) is 15.2. The molecule has 0 bridgehead atoms. The Labute approximate surface area is 139 Å². The van der Waals surface area contributed by atoms with Crippen molar-refractivity contribution in [3.63, 3.8) is 0 Å². The summed E-state index contributed by atoms with van der Waals surface area (Å²) in [5.74, 6) is -0.282. The van der Waals surface area contributed by atoms with Gasteiger partial charge in [-0.2, -0.15) is 13.2 Å². The Morgan fingerprint density at radius 2 is 2.00 bits per heavy atom. The molecule has 0 aliphatic carbocycles. The smallest absolute Gasteiger partial charge is 0.378 e. The van der Waals surface area contributed by atoms with Crippen molar-refractivity contribution in [3.8, 4) is 5.69 Å². The van der Waals surface area contributed by atoms with E-state index in [1.807, 2.05) is 0 Å². The van der Waals surface area contributed by atoms with E-state index >= 15 is 0 Å². The highest BCUT2D eigenvalue weighted by molar-refractivity contribution is 5.81. The third kappa shape index (κ3) is 3.36. The monoisotopic (exact) mass is 356 g/mol. The summed E-state index contributed by atoms with van der Waals surface area (Å²) in [7, 11) is 0. The fraction of sp³-hybridized carbons (Fsp3) is 0.357. The zero-order chi connectivity index (χ0) is 18.0. The van der Waals surface area contributed by atoms with Crippen LogP contribution in [0.1, 0.15) is 16.2 Å². The first-order valence-electron chi connectivity index (χ1n) is 7.29. The summed E-state index contributed by atoms with van der Waals surface area (Å²) < 4.78 is 45.3. The van der Waals surface area contributed by atoms with Crippen LogP contribution in [0.4, 0.5) is 18.0 Å². The first kappa shape index (κ1) is 17.0. The minimum atomic E-state index is -4.54. The molecule has 0 spiro atoms. The fourth-order valence-corrected chi connectivity index (χ4v) is 2.38. The van der Waals surface area contributed by atoms with Gasteiger partial charge in [0.2, 0.25) is 6.29 Å². The van der Waals surface area contributed by atoms with E-state index < -0.39 is 17.8 Å². The second-order valence-corrected chi connectivity index (χ2v) is 5.21. The van der Waals surface area contributed by atoms with Gasteiger partial charge in [-0.15, -0.1) is 0 Å². The summed E-state index contributed by atoms with van der Waals surface area (Å²) in [5, 5.41) is 7.26. The van der Waals surface area contributed by atoms with Crippen LogP contribution in [0.3, 0.4) is 0 Å². The maximum absolute atomic E-state index is 12.8. The lowest BCUT2D eigenvalue weighted by molar-refractivity contribution is -0.662. The number of ether oxygens (including phenoxy) is 1. The average molecular weight is 356 g/mol. The summed E-state index contributed by atoms with van der Waals surface area (Å²) in [6.07, 6.45) is -4.23. The van der Waals surface area contributed by atoms with Crippen LogP contribution in [0.25, 0.3) is 5.69 Å². The number of carbonyl (C=O) groups excluding carboxylic acids is 2. The van der Waals surface area contributed by atoms with Gasteiger partial charge in [0, 0.05) is 17.8 Å². The van der Waals surface area contributed by atoms with Gasteiger partial charge in [0.15, 0.2) is 5.21 Å². The van der Waals surface area contributed by atoms with Crippen LogP contribution in [0.15, 0.2) is 24.3 Å². The number of halogens is 3. The molecule has 1 aromatic heterocycles. The van der Waals surface area contributed by atoms with E-state index in [-0.39, 0.29) is 11.5 Å². The van der Waals surface area contributed by atoms with E-state index in [0.717, 1.165) is 21.5 Å². The molecule has 0 saturated carbocycles. The fourth-order valence-electron chi connectivity index (χ4n) is 2.38. The van der Waals surface area contributed by atoms with Crippen LogP contribution in [-0.2, 0) is 10.9 Å². The van der Waals surface area contributed by atoms with Crippen molar-refractivity contribution < 1.29 is 32.2 Å². The van der Waals surface area contributed by atoms with Crippen LogP contribution in [-0.4, -0.2) is 58.6 Å². The van der Waals surface area contributed by atoms with Crippen molar-refractivity contribution in [3.05, 3.63) is 35.7 Å². The number of carbonyl (C=O) groups is 2. The van der Waals surface area contributed by atoms with E-state index in [1.165, 1.54) is 17.0 Å². The third-order valence-electron chi connectivity index (χ3n) is 3.64. The van der Waals surface area contributed by atoms with Gasteiger partial charge in [-0.3, -0.25) is 4.79 Å². The minimum absolute atomic E-state index is 0.0297. The molecule has 1 fully saturated rings. The molecule has 1 aliphatic heterocycles. The Kier molecular flexibility index (Phi) is 4.49. The molecule has 0 unspecified atom stereocenters. The first-order chi connectivity index (χ1) is 11.9. The summed E-state index contributed by atoms with van der Waals surface area (Å²) in [6, 6.07) is 3.64. The lowest BCUT2D eigenvalue weighted by Crippen LogP contribution is -2.45. The highest BCUT2D eigenvalue weighted by atomic mass is 19.4. The summed E-state index contributed by atoms with van der Waals surface area (Å²) in [6.45, 7) is 1.34. The van der Waals surface area contributed by atoms with Gasteiger partial charge in [-0.25, -0.2) is 4.79 Å². The molecule has 1 aliphatic rings. The lowest BCUT2D eigenvalue weighted by atomic mass is 10.2. The largest absolute Gasteiger partial charge is 0.421 e. The zero-order valence-electron chi connectivity index (χ0n) is 12.8. The second kappa shape index (κ2) is 6.59. The molecule has 0 atom stereocenters. The second-order valence-electron chi connectivity index (χ2n) is 5.21. The molecule has 25 heavy (non-hydrogen) atoms. The maximum Gasteiger partial charge on any atom is 0.421 e. The van der Waals surface area contributed by atoms with E-state index in [1.54, 1.807) is 0 Å². The van der Waals surface area contributed by atoms with Crippen LogP contribution < -0.4 is 4.68 Å². The van der Waals surface area contributed by atoms with Crippen LogP contribution in [0.2, 0.25) is 0 Å². The van der Waals surface area contributed by atoms with Crippen molar-refractivity contribution in [2.45, 2.75) is 6.18 Å². The molecule has 2 heterocycles. The van der Waals surface area contributed by atoms with Crippen molar-refractivity contribution in [2.75, 3.05) is 26.3 Å². The van der Waals surface area contributed by atoms with Gasteiger partial charge in [0.05, 0.1) is 18.8 Å². The Hall–Kier alpha value is -2.82. The number of tetrazole rings is 1. The van der Waals surface area contributed by atoms with Gasteiger partial charge in [-0.1, -0.05) is 10.7 Å². The SMILES string of the molecule is O=Cc1n(C(=O)N2CCOCC2)nn[n+]1-c1cccc(C(F)(F)F)c1. The number of benzene rings is 1. The van der Waals surface area contributed by atoms with E-state index in [0.29, 0.717) is 32.6 Å². The quantitative estimate of drug-likeness (QED) is 0.449. The van der Waals surface area contributed by atoms with Gasteiger partial charge in [0.25, 0.3) is 0 Å². The predicted molar refractivity (Wildman–Crippen MR) is 75.1 cm³/mol. The first-order valence-corrected chi connectivity index (χ1v) is 7.29. The summed E-state index contributed by atoms with van der Waals surface area (Å²) >= 11 is 0. The Balaban J connectivity index is 1.98. The number of morpholine rings is 1. The van der Waals surface area contributed by atoms with Crippen molar-refractivity contribution in [2.24, 2.45) is 0 Å². The highest BCUT2D eigenvalue weighted by Crippen LogP contribution is 2.29. The Bertz CT molecular complexity index is 799. The Morgan fingerprint density at radius 3 is 2.64 bits per heavy atom. The Morgan fingerprint density at radius 1 is 1.28 bits per heavy atom. The predicted octanol–water partition coefficient (Wildman–Crippen LogP) is 0.686. The molecule has 0 radical (unpaired) electrons.